The maximum atomic E-state index is 5.74. The van der Waals surface area contributed by atoms with Gasteiger partial charge in [-0.15, -0.1) is 0 Å². The van der Waals surface area contributed by atoms with E-state index < -0.39 is 0 Å². The number of nitrogens with two attached hydrogens (primary N) is 1. The number of hydrogen-bond donors (Lipinski definition) is 1. The van der Waals surface area contributed by atoms with Gasteiger partial charge in [-0.05, 0) is 18.1 Å². The lowest BCUT2D eigenvalue weighted by Crippen LogP contribution is -2.45. The molecule has 2 N–H and O–H groups in total. The maximum Gasteiger partial charge on any atom is 0.0824 e. The van der Waals surface area contributed by atoms with Crippen molar-refractivity contribution in [3.8, 4) is 11.1 Å². The normalized spacial score (nSPS) is 19.5. The first-order valence-electron chi connectivity index (χ1n) is 7.78. The van der Waals surface area contributed by atoms with Crippen LogP contribution in [0.3, 0.4) is 0 Å². The molecule has 2 heterocycles. The molecule has 0 bridgehead atoms. The molecule has 1 fully saturated rings. The molecule has 1 atom stereocenters. The van der Waals surface area contributed by atoms with Crippen molar-refractivity contribution in [3.63, 3.8) is 0 Å². The lowest BCUT2D eigenvalue weighted by molar-refractivity contribution is -0.0260. The molecule has 0 spiro atoms. The van der Waals surface area contributed by atoms with E-state index in [0.717, 1.165) is 26.2 Å². The number of aryl methyl sites for hydroxylation is 2. The lowest BCUT2D eigenvalue weighted by atomic mass is 9.99. The highest BCUT2D eigenvalue weighted by atomic mass is 16.5. The largest absolute Gasteiger partial charge is 0.374 e. The SMILES string of the molecule is Cc1ccc(CN2CCOC(CN)C2)c(-c2cnn(C)c2)c1. The maximum absolute atomic E-state index is 5.74. The van der Waals surface area contributed by atoms with Crippen LogP contribution < -0.4 is 5.73 Å². The fourth-order valence-electron chi connectivity index (χ4n) is 2.96. The van der Waals surface area contributed by atoms with Crippen molar-refractivity contribution in [3.05, 3.63) is 41.7 Å². The predicted octanol–water partition coefficient (Wildman–Crippen LogP) is 1.56. The molecular weight excluding hydrogens is 276 g/mol. The van der Waals surface area contributed by atoms with Crippen LogP contribution in [-0.2, 0) is 18.3 Å². The molecule has 22 heavy (non-hydrogen) atoms. The Morgan fingerprint density at radius 1 is 1.41 bits per heavy atom. The first kappa shape index (κ1) is 15.2. The van der Waals surface area contributed by atoms with Gasteiger partial charge in [0.2, 0.25) is 0 Å². The van der Waals surface area contributed by atoms with E-state index in [9.17, 15) is 0 Å². The summed E-state index contributed by atoms with van der Waals surface area (Å²) in [5.41, 5.74) is 10.8. The van der Waals surface area contributed by atoms with Gasteiger partial charge in [0.15, 0.2) is 0 Å². The molecule has 5 nitrogen and oxygen atoms in total. The van der Waals surface area contributed by atoms with Crippen LogP contribution in [0.15, 0.2) is 30.6 Å². The van der Waals surface area contributed by atoms with E-state index in [0.29, 0.717) is 6.54 Å². The van der Waals surface area contributed by atoms with Gasteiger partial charge >= 0.3 is 0 Å². The molecule has 1 aliphatic heterocycles. The Morgan fingerprint density at radius 3 is 3.00 bits per heavy atom. The number of hydrogen-bond acceptors (Lipinski definition) is 4. The molecule has 5 heteroatoms. The Hall–Kier alpha value is -1.69. The second-order valence-electron chi connectivity index (χ2n) is 6.03. The van der Waals surface area contributed by atoms with Gasteiger partial charge in [0.1, 0.15) is 0 Å². The van der Waals surface area contributed by atoms with Crippen molar-refractivity contribution >= 4 is 0 Å². The van der Waals surface area contributed by atoms with E-state index in [-0.39, 0.29) is 6.10 Å². The summed E-state index contributed by atoms with van der Waals surface area (Å²) in [7, 11) is 1.95. The van der Waals surface area contributed by atoms with Gasteiger partial charge in [-0.2, -0.15) is 5.10 Å². The number of rotatable bonds is 4. The smallest absolute Gasteiger partial charge is 0.0824 e. The van der Waals surface area contributed by atoms with E-state index in [1.165, 1.54) is 22.3 Å². The van der Waals surface area contributed by atoms with Crippen LogP contribution in [0.25, 0.3) is 11.1 Å². The van der Waals surface area contributed by atoms with Crippen LogP contribution in [0.4, 0.5) is 0 Å². The molecule has 1 unspecified atom stereocenters. The molecule has 1 aliphatic rings. The Morgan fingerprint density at radius 2 is 2.27 bits per heavy atom. The van der Waals surface area contributed by atoms with Crippen LogP contribution in [-0.4, -0.2) is 47.0 Å². The first-order chi connectivity index (χ1) is 10.7. The van der Waals surface area contributed by atoms with Gasteiger partial charge in [-0.25, -0.2) is 0 Å². The molecule has 1 saturated heterocycles. The Kier molecular flexibility index (Phi) is 4.57. The quantitative estimate of drug-likeness (QED) is 0.931. The highest BCUT2D eigenvalue weighted by Gasteiger charge is 2.20. The van der Waals surface area contributed by atoms with Crippen molar-refractivity contribution in [2.24, 2.45) is 12.8 Å². The number of aromatic nitrogens is 2. The Labute approximate surface area is 131 Å². The number of benzene rings is 1. The van der Waals surface area contributed by atoms with Crippen LogP contribution in [0.1, 0.15) is 11.1 Å². The summed E-state index contributed by atoms with van der Waals surface area (Å²) >= 11 is 0. The Balaban J connectivity index is 1.84. The molecule has 1 aromatic heterocycles. The van der Waals surface area contributed by atoms with Crippen LogP contribution >= 0.6 is 0 Å². The molecule has 0 radical (unpaired) electrons. The number of morpholine rings is 1. The van der Waals surface area contributed by atoms with E-state index in [1.54, 1.807) is 0 Å². The summed E-state index contributed by atoms with van der Waals surface area (Å²) in [5.74, 6) is 0. The topological polar surface area (TPSA) is 56.3 Å². The van der Waals surface area contributed by atoms with Crippen molar-refractivity contribution < 1.29 is 4.74 Å². The third kappa shape index (κ3) is 3.38. The summed E-state index contributed by atoms with van der Waals surface area (Å²) in [6.45, 7) is 6.25. The van der Waals surface area contributed by atoms with Crippen LogP contribution in [0.5, 0.6) is 0 Å². The molecule has 0 amide bonds. The summed E-state index contributed by atoms with van der Waals surface area (Å²) in [5, 5.41) is 4.30. The highest BCUT2D eigenvalue weighted by molar-refractivity contribution is 5.66. The third-order valence-electron chi connectivity index (χ3n) is 4.16. The van der Waals surface area contributed by atoms with Gasteiger partial charge in [-0.1, -0.05) is 23.8 Å². The Bertz CT molecular complexity index is 637. The van der Waals surface area contributed by atoms with Gasteiger partial charge in [0.05, 0.1) is 18.9 Å². The second kappa shape index (κ2) is 6.60. The standard InChI is InChI=1S/C17H24N4O/c1-13-3-4-14(11-21-5-6-22-16(8-18)12-21)17(7-13)15-9-19-20(2)10-15/h3-4,7,9-10,16H,5-6,8,11-12,18H2,1-2H3. The third-order valence-corrected chi connectivity index (χ3v) is 4.16. The molecule has 118 valence electrons. The van der Waals surface area contributed by atoms with E-state index in [2.05, 4.69) is 41.3 Å². The zero-order valence-corrected chi connectivity index (χ0v) is 13.3. The van der Waals surface area contributed by atoms with Crippen molar-refractivity contribution in [1.29, 1.82) is 0 Å². The molecular formula is C17H24N4O. The van der Waals surface area contributed by atoms with Crippen molar-refractivity contribution in [1.82, 2.24) is 14.7 Å². The van der Waals surface area contributed by atoms with Crippen LogP contribution in [0.2, 0.25) is 0 Å². The second-order valence-corrected chi connectivity index (χ2v) is 6.03. The van der Waals surface area contributed by atoms with Gasteiger partial charge < -0.3 is 10.5 Å². The van der Waals surface area contributed by atoms with E-state index in [4.69, 9.17) is 10.5 Å². The molecule has 0 aliphatic carbocycles. The fourth-order valence-corrected chi connectivity index (χ4v) is 2.96. The average Bonchev–Trinajstić information content (AvgIpc) is 2.96. The summed E-state index contributed by atoms with van der Waals surface area (Å²) in [6.07, 6.45) is 4.15. The van der Waals surface area contributed by atoms with Gasteiger partial charge in [0, 0.05) is 45.0 Å². The summed E-state index contributed by atoms with van der Waals surface area (Å²) in [6, 6.07) is 6.65. The monoisotopic (exact) mass is 300 g/mol. The van der Waals surface area contributed by atoms with Gasteiger partial charge in [-0.3, -0.25) is 9.58 Å². The van der Waals surface area contributed by atoms with Crippen LogP contribution in [0, 0.1) is 6.92 Å². The molecule has 0 saturated carbocycles. The summed E-state index contributed by atoms with van der Waals surface area (Å²) < 4.78 is 7.50. The predicted molar refractivity (Wildman–Crippen MR) is 87.5 cm³/mol. The minimum Gasteiger partial charge on any atom is -0.374 e. The lowest BCUT2D eigenvalue weighted by Gasteiger charge is -2.32. The minimum absolute atomic E-state index is 0.154. The molecule has 2 aromatic rings. The van der Waals surface area contributed by atoms with E-state index >= 15 is 0 Å². The van der Waals surface area contributed by atoms with Crippen molar-refractivity contribution in [2.75, 3.05) is 26.2 Å². The van der Waals surface area contributed by atoms with Crippen molar-refractivity contribution in [2.45, 2.75) is 19.6 Å². The zero-order valence-electron chi connectivity index (χ0n) is 13.3. The molecule has 3 rings (SSSR count). The van der Waals surface area contributed by atoms with E-state index in [1.807, 2.05) is 17.9 Å². The fraction of sp³-hybridized carbons (Fsp3) is 0.471. The zero-order chi connectivity index (χ0) is 15.5. The average molecular weight is 300 g/mol. The number of nitrogens with zero attached hydrogens (tertiary/aromatic N) is 3. The molecule has 1 aromatic carbocycles. The first-order valence-corrected chi connectivity index (χ1v) is 7.78. The highest BCUT2D eigenvalue weighted by Crippen LogP contribution is 2.26. The summed E-state index contributed by atoms with van der Waals surface area (Å²) in [4.78, 5) is 2.42. The van der Waals surface area contributed by atoms with Gasteiger partial charge in [0.25, 0.3) is 0 Å². The minimum atomic E-state index is 0.154. The number of ether oxygens (including phenoxy) is 1.